The number of nitrogens with one attached hydrogen (secondary N) is 1. The van der Waals surface area contributed by atoms with Crippen molar-refractivity contribution in [3.8, 4) is 0 Å². The summed E-state index contributed by atoms with van der Waals surface area (Å²) in [5.74, 6) is 0. The quantitative estimate of drug-likeness (QED) is 0.676. The zero-order chi connectivity index (χ0) is 10.3. The van der Waals surface area contributed by atoms with Crippen LogP contribution in [-0.4, -0.2) is 19.1 Å². The molecule has 0 fully saturated rings. The Bertz CT molecular complexity index is 346. The van der Waals surface area contributed by atoms with Crippen LogP contribution in [0.15, 0.2) is 18.2 Å². The Balaban J connectivity index is 2.45. The van der Waals surface area contributed by atoms with Crippen LogP contribution in [0.2, 0.25) is 0 Å². The number of anilines is 2. The average Bonchev–Trinajstić information content (AvgIpc) is 2.14. The van der Waals surface area contributed by atoms with Crippen molar-refractivity contribution in [1.29, 1.82) is 0 Å². The van der Waals surface area contributed by atoms with E-state index in [0.29, 0.717) is 12.1 Å². The molecule has 0 saturated heterocycles. The molecule has 0 bridgehead atoms. The van der Waals surface area contributed by atoms with Crippen molar-refractivity contribution in [1.82, 2.24) is 0 Å². The average molecular weight is 190 g/mol. The molecule has 1 aromatic carbocycles. The van der Waals surface area contributed by atoms with Crippen LogP contribution in [0.5, 0.6) is 0 Å². The third kappa shape index (κ3) is 1.35. The molecule has 2 rings (SSSR count). The Morgan fingerprint density at radius 2 is 2.00 bits per heavy atom. The topological polar surface area (TPSA) is 15.3 Å². The maximum atomic E-state index is 3.54. The minimum absolute atomic E-state index is 0.509. The molecule has 0 radical (unpaired) electrons. The van der Waals surface area contributed by atoms with E-state index in [2.05, 4.69) is 56.2 Å². The first-order valence-electron chi connectivity index (χ1n) is 5.19. The van der Waals surface area contributed by atoms with Gasteiger partial charge in [-0.3, -0.25) is 0 Å². The summed E-state index contributed by atoms with van der Waals surface area (Å²) in [7, 11) is 2.16. The molecular weight excluding hydrogens is 172 g/mol. The Hall–Kier alpha value is -1.18. The second kappa shape index (κ2) is 3.19. The number of hydrogen-bond donors (Lipinski definition) is 1. The van der Waals surface area contributed by atoms with Gasteiger partial charge in [0.1, 0.15) is 0 Å². The summed E-state index contributed by atoms with van der Waals surface area (Å²) < 4.78 is 0. The molecule has 1 heterocycles. The van der Waals surface area contributed by atoms with E-state index in [0.717, 1.165) is 0 Å². The highest BCUT2D eigenvalue weighted by atomic mass is 15.2. The first kappa shape index (κ1) is 9.38. The fourth-order valence-corrected chi connectivity index (χ4v) is 1.99. The summed E-state index contributed by atoms with van der Waals surface area (Å²) in [6, 6.07) is 7.63. The van der Waals surface area contributed by atoms with Gasteiger partial charge in [-0.1, -0.05) is 6.07 Å². The maximum absolute atomic E-state index is 3.54. The Labute approximate surface area is 85.9 Å². The molecule has 1 N–H and O–H groups in total. The molecule has 1 aromatic rings. The van der Waals surface area contributed by atoms with Crippen molar-refractivity contribution < 1.29 is 0 Å². The molecule has 0 aromatic heterocycles. The predicted molar refractivity (Wildman–Crippen MR) is 62.1 cm³/mol. The molecular formula is C12H18N2. The number of aryl methyl sites for hydroxylation is 1. The van der Waals surface area contributed by atoms with Gasteiger partial charge < -0.3 is 10.2 Å². The lowest BCUT2D eigenvalue weighted by molar-refractivity contribution is 0.587. The van der Waals surface area contributed by atoms with Crippen molar-refractivity contribution in [3.63, 3.8) is 0 Å². The van der Waals surface area contributed by atoms with E-state index < -0.39 is 0 Å². The highest BCUT2D eigenvalue weighted by molar-refractivity contribution is 5.73. The second-order valence-corrected chi connectivity index (χ2v) is 4.31. The zero-order valence-corrected chi connectivity index (χ0v) is 9.33. The monoisotopic (exact) mass is 190 g/mol. The molecule has 1 aliphatic rings. The normalized spacial score (nSPS) is 25.6. The zero-order valence-electron chi connectivity index (χ0n) is 9.33. The molecule has 14 heavy (non-hydrogen) atoms. The summed E-state index contributed by atoms with van der Waals surface area (Å²) >= 11 is 0. The third-order valence-corrected chi connectivity index (χ3v) is 3.25. The van der Waals surface area contributed by atoms with Crippen molar-refractivity contribution in [2.45, 2.75) is 32.9 Å². The van der Waals surface area contributed by atoms with Crippen molar-refractivity contribution in [3.05, 3.63) is 23.8 Å². The summed E-state index contributed by atoms with van der Waals surface area (Å²) in [6.07, 6.45) is 0. The van der Waals surface area contributed by atoms with Crippen molar-refractivity contribution >= 4 is 11.4 Å². The van der Waals surface area contributed by atoms with Crippen molar-refractivity contribution in [2.75, 3.05) is 17.3 Å². The van der Waals surface area contributed by atoms with Gasteiger partial charge in [-0.05, 0) is 38.5 Å². The number of hydrogen-bond acceptors (Lipinski definition) is 2. The molecule has 2 atom stereocenters. The van der Waals surface area contributed by atoms with Crippen molar-refractivity contribution in [2.24, 2.45) is 0 Å². The summed E-state index contributed by atoms with van der Waals surface area (Å²) in [4.78, 5) is 2.34. The lowest BCUT2D eigenvalue weighted by Gasteiger charge is -2.39. The number of fused-ring (bicyclic) bond motifs is 1. The highest BCUT2D eigenvalue weighted by Crippen LogP contribution is 2.33. The molecule has 0 aliphatic carbocycles. The van der Waals surface area contributed by atoms with Crippen LogP contribution in [-0.2, 0) is 0 Å². The van der Waals surface area contributed by atoms with Gasteiger partial charge in [0.15, 0.2) is 0 Å². The largest absolute Gasteiger partial charge is 0.379 e. The molecule has 0 amide bonds. The van der Waals surface area contributed by atoms with Gasteiger partial charge in [0.2, 0.25) is 0 Å². The standard InChI is InChI=1S/C12H18N2/c1-8-5-6-12-11(7-8)13-9(2)10(3)14(12)4/h5-7,9-10,13H,1-4H3. The van der Waals surface area contributed by atoms with Gasteiger partial charge in [0.25, 0.3) is 0 Å². The van der Waals surface area contributed by atoms with E-state index in [1.807, 2.05) is 0 Å². The van der Waals surface area contributed by atoms with E-state index in [9.17, 15) is 0 Å². The lowest BCUT2D eigenvalue weighted by Crippen LogP contribution is -2.45. The SMILES string of the molecule is Cc1ccc2c(c1)NC(C)C(C)N2C. The highest BCUT2D eigenvalue weighted by Gasteiger charge is 2.24. The molecule has 2 heteroatoms. The smallest absolute Gasteiger partial charge is 0.0602 e. The molecule has 2 nitrogen and oxygen atoms in total. The van der Waals surface area contributed by atoms with Crippen LogP contribution in [0.3, 0.4) is 0 Å². The van der Waals surface area contributed by atoms with Crippen LogP contribution in [0, 0.1) is 6.92 Å². The Morgan fingerprint density at radius 3 is 2.71 bits per heavy atom. The third-order valence-electron chi connectivity index (χ3n) is 3.25. The summed E-state index contributed by atoms with van der Waals surface area (Å²) in [6.45, 7) is 6.61. The lowest BCUT2D eigenvalue weighted by atomic mass is 10.0. The van der Waals surface area contributed by atoms with Gasteiger partial charge in [-0.2, -0.15) is 0 Å². The minimum Gasteiger partial charge on any atom is -0.379 e. The number of rotatable bonds is 0. The van der Waals surface area contributed by atoms with E-state index in [1.165, 1.54) is 16.9 Å². The van der Waals surface area contributed by atoms with Gasteiger partial charge in [-0.25, -0.2) is 0 Å². The first-order valence-corrected chi connectivity index (χ1v) is 5.19. The van der Waals surface area contributed by atoms with Gasteiger partial charge in [0.05, 0.1) is 11.4 Å². The fourth-order valence-electron chi connectivity index (χ4n) is 1.99. The van der Waals surface area contributed by atoms with Crippen LogP contribution in [0.25, 0.3) is 0 Å². The Kier molecular flexibility index (Phi) is 2.14. The van der Waals surface area contributed by atoms with E-state index >= 15 is 0 Å². The van der Waals surface area contributed by atoms with Crippen LogP contribution >= 0.6 is 0 Å². The van der Waals surface area contributed by atoms with Gasteiger partial charge in [0, 0.05) is 19.1 Å². The number of likely N-dealkylation sites (N-methyl/N-ethyl adjacent to an activating group) is 1. The van der Waals surface area contributed by atoms with Crippen LogP contribution < -0.4 is 10.2 Å². The van der Waals surface area contributed by atoms with E-state index in [-0.39, 0.29) is 0 Å². The molecule has 1 aliphatic heterocycles. The van der Waals surface area contributed by atoms with E-state index in [1.54, 1.807) is 0 Å². The molecule has 2 unspecified atom stereocenters. The molecule has 0 saturated carbocycles. The van der Waals surface area contributed by atoms with E-state index in [4.69, 9.17) is 0 Å². The Morgan fingerprint density at radius 1 is 1.29 bits per heavy atom. The van der Waals surface area contributed by atoms with Crippen LogP contribution in [0.1, 0.15) is 19.4 Å². The van der Waals surface area contributed by atoms with Gasteiger partial charge in [-0.15, -0.1) is 0 Å². The number of nitrogens with zero attached hydrogens (tertiary/aromatic N) is 1. The number of benzene rings is 1. The first-order chi connectivity index (χ1) is 6.59. The summed E-state index contributed by atoms with van der Waals surface area (Å²) in [5, 5.41) is 3.54. The van der Waals surface area contributed by atoms with Crippen LogP contribution in [0.4, 0.5) is 11.4 Å². The minimum atomic E-state index is 0.509. The summed E-state index contributed by atoms with van der Waals surface area (Å²) in [5.41, 5.74) is 3.88. The molecule has 76 valence electrons. The fraction of sp³-hybridized carbons (Fsp3) is 0.500. The van der Waals surface area contributed by atoms with Gasteiger partial charge >= 0.3 is 0 Å². The predicted octanol–water partition coefficient (Wildman–Crippen LogP) is 2.63. The maximum Gasteiger partial charge on any atom is 0.0602 e. The second-order valence-electron chi connectivity index (χ2n) is 4.31. The molecule has 0 spiro atoms.